The Morgan fingerprint density at radius 3 is 2.29 bits per heavy atom. The quantitative estimate of drug-likeness (QED) is 0.851. The van der Waals surface area contributed by atoms with Crippen LogP contribution in [0.4, 0.5) is 5.95 Å². The molecule has 2 fully saturated rings. The number of para-hydroxylation sites is 2. The fraction of sp³-hybridized carbons (Fsp3) is 0.588. The van der Waals surface area contributed by atoms with Crippen molar-refractivity contribution in [1.82, 2.24) is 13.9 Å². The van der Waals surface area contributed by atoms with Crippen LogP contribution in [0.25, 0.3) is 11.0 Å². The van der Waals surface area contributed by atoms with Crippen LogP contribution in [0.2, 0.25) is 0 Å². The normalized spacial score (nSPS) is 25.1. The van der Waals surface area contributed by atoms with Crippen LogP contribution in [-0.4, -0.2) is 54.7 Å². The van der Waals surface area contributed by atoms with Gasteiger partial charge in [-0.3, -0.25) is 0 Å². The van der Waals surface area contributed by atoms with Gasteiger partial charge in [-0.1, -0.05) is 12.1 Å². The fourth-order valence-corrected chi connectivity index (χ4v) is 5.07. The van der Waals surface area contributed by atoms with Crippen LogP contribution in [0.5, 0.6) is 0 Å². The monoisotopic (exact) mass is 348 g/mol. The average Bonchev–Trinajstić information content (AvgIpc) is 3.16. The molecule has 2 aliphatic rings. The van der Waals surface area contributed by atoms with Gasteiger partial charge in [0.25, 0.3) is 0 Å². The lowest BCUT2D eigenvalue weighted by molar-refractivity contribution is 0.456. The second-order valence-electron chi connectivity index (χ2n) is 7.37. The molecule has 0 saturated carbocycles. The van der Waals surface area contributed by atoms with E-state index in [1.165, 1.54) is 6.26 Å². The van der Waals surface area contributed by atoms with Crippen molar-refractivity contribution < 1.29 is 8.42 Å². The van der Waals surface area contributed by atoms with Gasteiger partial charge in [-0.25, -0.2) is 17.7 Å². The summed E-state index contributed by atoms with van der Waals surface area (Å²) >= 11 is 0. The van der Waals surface area contributed by atoms with Crippen molar-refractivity contribution in [2.24, 2.45) is 11.8 Å². The number of nitrogens with zero attached hydrogens (tertiary/aromatic N) is 4. The molecule has 6 nitrogen and oxygen atoms in total. The number of fused-ring (bicyclic) bond motifs is 2. The first-order chi connectivity index (χ1) is 11.3. The van der Waals surface area contributed by atoms with E-state index in [0.717, 1.165) is 30.1 Å². The summed E-state index contributed by atoms with van der Waals surface area (Å²) < 4.78 is 27.5. The summed E-state index contributed by atoms with van der Waals surface area (Å²) in [6, 6.07) is 8.58. The lowest BCUT2D eigenvalue weighted by Gasteiger charge is -2.23. The Balaban J connectivity index is 1.64. The number of hydrogen-bond donors (Lipinski definition) is 0. The predicted molar refractivity (Wildman–Crippen MR) is 95.7 cm³/mol. The Bertz CT molecular complexity index is 860. The topological polar surface area (TPSA) is 58.4 Å². The summed E-state index contributed by atoms with van der Waals surface area (Å²) in [5, 5.41) is 0. The van der Waals surface area contributed by atoms with Gasteiger partial charge in [0.05, 0.1) is 17.3 Å². The SMILES string of the molecule is CC(C)n1c(N2CC3CN(S(C)(=O)=O)CC3C2)nc2ccccc21. The molecule has 4 rings (SSSR count). The molecule has 2 saturated heterocycles. The third-order valence-electron chi connectivity index (χ3n) is 5.30. The molecule has 0 radical (unpaired) electrons. The lowest BCUT2D eigenvalue weighted by atomic mass is 10.0. The molecule has 0 spiro atoms. The number of aromatic nitrogens is 2. The van der Waals surface area contributed by atoms with Gasteiger partial charge in [0.1, 0.15) is 0 Å². The van der Waals surface area contributed by atoms with Crippen LogP contribution in [0, 0.1) is 11.8 Å². The van der Waals surface area contributed by atoms with E-state index in [1.54, 1.807) is 4.31 Å². The number of sulfonamides is 1. The van der Waals surface area contributed by atoms with Gasteiger partial charge >= 0.3 is 0 Å². The molecule has 130 valence electrons. The summed E-state index contributed by atoms with van der Waals surface area (Å²) in [6.45, 7) is 7.41. The van der Waals surface area contributed by atoms with Crippen molar-refractivity contribution in [1.29, 1.82) is 0 Å². The molecule has 24 heavy (non-hydrogen) atoms. The van der Waals surface area contributed by atoms with Crippen molar-refractivity contribution in [2.75, 3.05) is 37.3 Å². The maximum absolute atomic E-state index is 11.8. The number of imidazole rings is 1. The minimum absolute atomic E-state index is 0.334. The third-order valence-corrected chi connectivity index (χ3v) is 6.53. The van der Waals surface area contributed by atoms with Crippen LogP contribution < -0.4 is 4.90 Å². The van der Waals surface area contributed by atoms with Crippen LogP contribution in [0.15, 0.2) is 24.3 Å². The highest BCUT2D eigenvalue weighted by atomic mass is 32.2. The highest BCUT2D eigenvalue weighted by Gasteiger charge is 2.43. The number of rotatable bonds is 3. The van der Waals surface area contributed by atoms with Gasteiger partial charge in [-0.2, -0.15) is 0 Å². The summed E-state index contributed by atoms with van der Waals surface area (Å²) in [7, 11) is -3.07. The second-order valence-corrected chi connectivity index (χ2v) is 9.35. The largest absolute Gasteiger partial charge is 0.342 e. The molecule has 1 aromatic carbocycles. The molecule has 2 aromatic rings. The fourth-order valence-electron chi connectivity index (χ4n) is 4.15. The van der Waals surface area contributed by atoms with Crippen LogP contribution in [-0.2, 0) is 10.0 Å². The first-order valence-corrected chi connectivity index (χ1v) is 10.4. The van der Waals surface area contributed by atoms with Crippen LogP contribution in [0.3, 0.4) is 0 Å². The molecule has 0 N–H and O–H groups in total. The molecule has 7 heteroatoms. The summed E-state index contributed by atoms with van der Waals surface area (Å²) in [5.74, 6) is 1.83. The highest BCUT2D eigenvalue weighted by Crippen LogP contribution is 2.36. The number of benzene rings is 1. The molecule has 2 atom stereocenters. The van der Waals surface area contributed by atoms with Gasteiger partial charge in [-0.15, -0.1) is 0 Å². The Morgan fingerprint density at radius 2 is 1.71 bits per heavy atom. The Kier molecular flexibility index (Phi) is 3.61. The minimum atomic E-state index is -3.07. The Labute approximate surface area is 143 Å². The van der Waals surface area contributed by atoms with E-state index in [-0.39, 0.29) is 0 Å². The van der Waals surface area contributed by atoms with Crippen molar-refractivity contribution in [3.63, 3.8) is 0 Å². The lowest BCUT2D eigenvalue weighted by Crippen LogP contribution is -2.33. The number of hydrogen-bond acceptors (Lipinski definition) is 4. The average molecular weight is 348 g/mol. The van der Waals surface area contributed by atoms with Gasteiger partial charge in [0.15, 0.2) is 0 Å². The highest BCUT2D eigenvalue weighted by molar-refractivity contribution is 7.88. The molecular formula is C17H24N4O2S. The van der Waals surface area contributed by atoms with Crippen molar-refractivity contribution >= 4 is 27.0 Å². The van der Waals surface area contributed by atoms with Gasteiger partial charge in [-0.05, 0) is 37.8 Å². The Hall–Kier alpha value is -1.60. The van der Waals surface area contributed by atoms with E-state index < -0.39 is 10.0 Å². The first kappa shape index (κ1) is 15.9. The maximum Gasteiger partial charge on any atom is 0.211 e. The second kappa shape index (κ2) is 5.46. The zero-order valence-electron chi connectivity index (χ0n) is 14.4. The molecule has 0 aliphatic carbocycles. The first-order valence-electron chi connectivity index (χ1n) is 8.51. The van der Waals surface area contributed by atoms with E-state index in [1.807, 2.05) is 6.07 Å². The molecular weight excluding hydrogens is 324 g/mol. The smallest absolute Gasteiger partial charge is 0.211 e. The summed E-state index contributed by atoms with van der Waals surface area (Å²) in [5.41, 5.74) is 2.19. The molecule has 3 heterocycles. The van der Waals surface area contributed by atoms with E-state index in [2.05, 4.69) is 41.5 Å². The summed E-state index contributed by atoms with van der Waals surface area (Å²) in [4.78, 5) is 7.21. The standard InChI is InChI=1S/C17H24N4O2S/c1-12(2)21-16-7-5-4-6-15(16)18-17(21)19-8-13-10-20(24(3,22)23)11-14(13)9-19/h4-7,12-14H,8-11H2,1-3H3. The molecule has 0 amide bonds. The van der Waals surface area contributed by atoms with Crippen LogP contribution >= 0.6 is 0 Å². The third kappa shape index (κ3) is 2.50. The molecule has 2 unspecified atom stereocenters. The van der Waals surface area contributed by atoms with E-state index in [4.69, 9.17) is 4.98 Å². The molecule has 2 aliphatic heterocycles. The minimum Gasteiger partial charge on any atom is -0.342 e. The molecule has 1 aromatic heterocycles. The Morgan fingerprint density at radius 1 is 1.08 bits per heavy atom. The van der Waals surface area contributed by atoms with Crippen molar-refractivity contribution in [3.05, 3.63) is 24.3 Å². The zero-order valence-corrected chi connectivity index (χ0v) is 15.2. The molecule has 0 bridgehead atoms. The van der Waals surface area contributed by atoms with Crippen molar-refractivity contribution in [3.8, 4) is 0 Å². The summed E-state index contributed by atoms with van der Waals surface area (Å²) in [6.07, 6.45) is 1.31. The van der Waals surface area contributed by atoms with E-state index in [9.17, 15) is 8.42 Å². The van der Waals surface area contributed by atoms with E-state index >= 15 is 0 Å². The van der Waals surface area contributed by atoms with Gasteiger partial charge in [0.2, 0.25) is 16.0 Å². The van der Waals surface area contributed by atoms with Gasteiger partial charge in [0, 0.05) is 32.2 Å². The van der Waals surface area contributed by atoms with Crippen molar-refractivity contribution in [2.45, 2.75) is 19.9 Å². The van der Waals surface area contributed by atoms with Crippen LogP contribution in [0.1, 0.15) is 19.9 Å². The van der Waals surface area contributed by atoms with Gasteiger partial charge < -0.3 is 9.47 Å². The van der Waals surface area contributed by atoms with E-state index in [0.29, 0.717) is 31.0 Å². The maximum atomic E-state index is 11.8. The zero-order chi connectivity index (χ0) is 17.1. The number of anilines is 1. The predicted octanol–water partition coefficient (Wildman–Crippen LogP) is 1.94.